The van der Waals surface area contributed by atoms with E-state index in [4.69, 9.17) is 0 Å². The van der Waals surface area contributed by atoms with Gasteiger partial charge in [-0.15, -0.1) is 0 Å². The smallest absolute Gasteiger partial charge is 0.0496 e. The van der Waals surface area contributed by atoms with E-state index in [1.807, 2.05) is 0 Å². The number of hydrogen-bond acceptors (Lipinski definition) is 2. The van der Waals surface area contributed by atoms with Gasteiger partial charge in [0.05, 0.1) is 0 Å². The summed E-state index contributed by atoms with van der Waals surface area (Å²) in [6.07, 6.45) is 6.67. The molecule has 1 aliphatic carbocycles. The zero-order valence-corrected chi connectivity index (χ0v) is 9.68. The van der Waals surface area contributed by atoms with Crippen LogP contribution in [0.1, 0.15) is 46.0 Å². The van der Waals surface area contributed by atoms with Crippen molar-refractivity contribution in [1.29, 1.82) is 0 Å². The quantitative estimate of drug-likeness (QED) is 0.687. The van der Waals surface area contributed by atoms with Gasteiger partial charge in [-0.05, 0) is 31.7 Å². The van der Waals surface area contributed by atoms with Crippen molar-refractivity contribution in [3.05, 3.63) is 0 Å². The third-order valence-corrected chi connectivity index (χ3v) is 3.69. The molecule has 0 aromatic carbocycles. The van der Waals surface area contributed by atoms with Gasteiger partial charge >= 0.3 is 0 Å². The van der Waals surface area contributed by atoms with Crippen LogP contribution in [0.4, 0.5) is 0 Å². The molecule has 14 heavy (non-hydrogen) atoms. The number of hydrogen-bond donors (Lipinski definition) is 2. The molecule has 0 saturated heterocycles. The van der Waals surface area contributed by atoms with Crippen molar-refractivity contribution in [3.8, 4) is 0 Å². The van der Waals surface area contributed by atoms with Crippen molar-refractivity contribution in [2.24, 2.45) is 11.3 Å². The first-order valence-electron chi connectivity index (χ1n) is 6.02. The van der Waals surface area contributed by atoms with Crippen LogP contribution >= 0.6 is 0 Å². The number of aliphatic hydroxyl groups is 1. The van der Waals surface area contributed by atoms with Gasteiger partial charge in [-0.2, -0.15) is 0 Å². The first-order chi connectivity index (χ1) is 6.70. The van der Waals surface area contributed by atoms with E-state index in [-0.39, 0.29) is 5.41 Å². The Morgan fingerprint density at radius 2 is 2.00 bits per heavy atom. The molecule has 0 spiro atoms. The second kappa shape index (κ2) is 5.72. The summed E-state index contributed by atoms with van der Waals surface area (Å²) in [6, 6.07) is 0. The molecule has 1 unspecified atom stereocenters. The fraction of sp³-hybridized carbons (Fsp3) is 1.00. The summed E-state index contributed by atoms with van der Waals surface area (Å²) < 4.78 is 0. The van der Waals surface area contributed by atoms with Gasteiger partial charge in [0.1, 0.15) is 0 Å². The maximum Gasteiger partial charge on any atom is 0.0496 e. The molecule has 0 aromatic rings. The van der Waals surface area contributed by atoms with Crippen LogP contribution in [0.2, 0.25) is 0 Å². The summed E-state index contributed by atoms with van der Waals surface area (Å²) in [5.41, 5.74) is 0.0819. The van der Waals surface area contributed by atoms with Crippen LogP contribution < -0.4 is 5.32 Å². The molecule has 0 aromatic heterocycles. The molecular weight excluding hydrogens is 174 g/mol. The SMILES string of the molecule is CCC(C)(CO)CNCC1CCCC1. The Morgan fingerprint density at radius 1 is 1.36 bits per heavy atom. The van der Waals surface area contributed by atoms with E-state index >= 15 is 0 Å². The molecule has 2 N–H and O–H groups in total. The number of nitrogens with one attached hydrogen (secondary N) is 1. The van der Waals surface area contributed by atoms with Gasteiger partial charge in [0, 0.05) is 18.6 Å². The van der Waals surface area contributed by atoms with Crippen LogP contribution in [0.25, 0.3) is 0 Å². The average Bonchev–Trinajstić information content (AvgIpc) is 2.70. The maximum atomic E-state index is 9.24. The highest BCUT2D eigenvalue weighted by molar-refractivity contribution is 4.76. The van der Waals surface area contributed by atoms with Gasteiger partial charge < -0.3 is 10.4 Å². The molecular formula is C12H25NO. The van der Waals surface area contributed by atoms with Crippen molar-refractivity contribution < 1.29 is 5.11 Å². The Kier molecular flexibility index (Phi) is 4.90. The predicted octanol–water partition coefficient (Wildman–Crippen LogP) is 2.17. The Bertz CT molecular complexity index is 148. The lowest BCUT2D eigenvalue weighted by molar-refractivity contribution is 0.134. The van der Waals surface area contributed by atoms with Crippen molar-refractivity contribution in [2.75, 3.05) is 19.7 Å². The summed E-state index contributed by atoms with van der Waals surface area (Å²) in [5.74, 6) is 0.898. The van der Waals surface area contributed by atoms with Gasteiger partial charge in [-0.3, -0.25) is 0 Å². The highest BCUT2D eigenvalue weighted by Gasteiger charge is 2.21. The molecule has 1 atom stereocenters. The number of rotatable bonds is 6. The second-order valence-electron chi connectivity index (χ2n) is 5.10. The summed E-state index contributed by atoms with van der Waals surface area (Å²) in [4.78, 5) is 0. The molecule has 1 rings (SSSR count). The van der Waals surface area contributed by atoms with Crippen LogP contribution in [0.15, 0.2) is 0 Å². The van der Waals surface area contributed by atoms with Gasteiger partial charge in [0.2, 0.25) is 0 Å². The van der Waals surface area contributed by atoms with E-state index in [9.17, 15) is 5.11 Å². The topological polar surface area (TPSA) is 32.3 Å². The minimum Gasteiger partial charge on any atom is -0.396 e. The second-order valence-corrected chi connectivity index (χ2v) is 5.10. The monoisotopic (exact) mass is 199 g/mol. The summed E-state index contributed by atoms with van der Waals surface area (Å²) in [7, 11) is 0. The van der Waals surface area contributed by atoms with E-state index in [1.54, 1.807) is 0 Å². The van der Waals surface area contributed by atoms with Crippen molar-refractivity contribution in [2.45, 2.75) is 46.0 Å². The van der Waals surface area contributed by atoms with E-state index in [0.29, 0.717) is 6.61 Å². The van der Waals surface area contributed by atoms with Gasteiger partial charge in [0.25, 0.3) is 0 Å². The standard InChI is InChI=1S/C12H25NO/c1-3-12(2,10-14)9-13-8-11-6-4-5-7-11/h11,13-14H,3-10H2,1-2H3. The van der Waals surface area contributed by atoms with Gasteiger partial charge in [0.15, 0.2) is 0 Å². The molecule has 2 nitrogen and oxygen atoms in total. The highest BCUT2D eigenvalue weighted by atomic mass is 16.3. The minimum atomic E-state index is 0.0819. The van der Waals surface area contributed by atoms with Crippen molar-refractivity contribution >= 4 is 0 Å². The fourth-order valence-electron chi connectivity index (χ4n) is 2.09. The van der Waals surface area contributed by atoms with Crippen LogP contribution in [0.5, 0.6) is 0 Å². The van der Waals surface area contributed by atoms with Gasteiger partial charge in [-0.25, -0.2) is 0 Å². The van der Waals surface area contributed by atoms with E-state index in [2.05, 4.69) is 19.2 Å². The van der Waals surface area contributed by atoms with E-state index in [0.717, 1.165) is 25.4 Å². The van der Waals surface area contributed by atoms with Crippen molar-refractivity contribution in [3.63, 3.8) is 0 Å². The Balaban J connectivity index is 2.12. The van der Waals surface area contributed by atoms with E-state index < -0.39 is 0 Å². The van der Waals surface area contributed by atoms with Crippen molar-refractivity contribution in [1.82, 2.24) is 5.32 Å². The van der Waals surface area contributed by atoms with E-state index in [1.165, 1.54) is 25.7 Å². The normalized spacial score (nSPS) is 22.5. The molecule has 1 saturated carbocycles. The zero-order chi connectivity index (χ0) is 10.4. The lowest BCUT2D eigenvalue weighted by atomic mass is 9.88. The van der Waals surface area contributed by atoms with Gasteiger partial charge in [-0.1, -0.05) is 26.7 Å². The first kappa shape index (κ1) is 12.0. The fourth-order valence-corrected chi connectivity index (χ4v) is 2.09. The third-order valence-electron chi connectivity index (χ3n) is 3.69. The average molecular weight is 199 g/mol. The van der Waals surface area contributed by atoms with Crippen LogP contribution in [0, 0.1) is 11.3 Å². The maximum absolute atomic E-state index is 9.24. The molecule has 1 fully saturated rings. The lowest BCUT2D eigenvalue weighted by Crippen LogP contribution is -2.36. The summed E-state index contributed by atoms with van der Waals surface area (Å²) >= 11 is 0. The Hall–Kier alpha value is -0.0800. The molecule has 1 aliphatic rings. The Labute approximate surface area is 88.1 Å². The summed E-state index contributed by atoms with van der Waals surface area (Å²) in [5, 5.41) is 12.7. The van der Waals surface area contributed by atoms with Crippen LogP contribution in [-0.4, -0.2) is 24.8 Å². The molecule has 0 amide bonds. The lowest BCUT2D eigenvalue weighted by Gasteiger charge is -2.26. The first-order valence-corrected chi connectivity index (χ1v) is 6.02. The highest BCUT2D eigenvalue weighted by Crippen LogP contribution is 2.24. The number of aliphatic hydroxyl groups excluding tert-OH is 1. The van der Waals surface area contributed by atoms with Crippen LogP contribution in [0.3, 0.4) is 0 Å². The molecule has 0 aliphatic heterocycles. The molecule has 2 heteroatoms. The molecule has 0 radical (unpaired) electrons. The molecule has 0 bridgehead atoms. The molecule has 0 heterocycles. The minimum absolute atomic E-state index is 0.0819. The predicted molar refractivity (Wildman–Crippen MR) is 60.3 cm³/mol. The zero-order valence-electron chi connectivity index (χ0n) is 9.68. The summed E-state index contributed by atoms with van der Waals surface area (Å²) in [6.45, 7) is 6.69. The Morgan fingerprint density at radius 3 is 2.50 bits per heavy atom. The van der Waals surface area contributed by atoms with Crippen LogP contribution in [-0.2, 0) is 0 Å². The third kappa shape index (κ3) is 3.58. The largest absolute Gasteiger partial charge is 0.396 e. The molecule has 84 valence electrons.